The van der Waals surface area contributed by atoms with Gasteiger partial charge in [-0.1, -0.05) is 6.92 Å². The third-order valence-corrected chi connectivity index (χ3v) is 7.83. The molecule has 39 heavy (non-hydrogen) atoms. The topological polar surface area (TPSA) is 117 Å². The number of halogens is 5. The van der Waals surface area contributed by atoms with E-state index in [1.165, 1.54) is 11.8 Å². The minimum Gasteiger partial charge on any atom is -0.388 e. The van der Waals surface area contributed by atoms with E-state index in [1.807, 2.05) is 6.92 Å². The molecule has 3 N–H and O–H groups in total. The van der Waals surface area contributed by atoms with E-state index >= 15 is 0 Å². The zero-order chi connectivity index (χ0) is 28.5. The number of aliphatic hydroxyl groups excluding tert-OH is 1. The van der Waals surface area contributed by atoms with Crippen LogP contribution in [0.25, 0.3) is 10.4 Å². The van der Waals surface area contributed by atoms with Gasteiger partial charge in [0.1, 0.15) is 17.6 Å². The Morgan fingerprint density at radius 3 is 2.62 bits per heavy atom. The van der Waals surface area contributed by atoms with Crippen molar-refractivity contribution in [1.29, 1.82) is 0 Å². The van der Waals surface area contributed by atoms with E-state index in [4.69, 9.17) is 4.74 Å². The SMILES string of the molecule is CC[C@H](Nc1cc(C(F)F)c(-c2sc(C(=O)N[C@@H]3COC[C@@H]3O)nc2C(=O)N2CCC[C@@H]2C)cn1)C(F)(F)F. The zero-order valence-electron chi connectivity index (χ0n) is 21.1. The molecule has 9 nitrogen and oxygen atoms in total. The lowest BCUT2D eigenvalue weighted by atomic mass is 10.1. The van der Waals surface area contributed by atoms with E-state index in [0.29, 0.717) is 17.9 Å². The first-order chi connectivity index (χ1) is 18.4. The van der Waals surface area contributed by atoms with Gasteiger partial charge in [-0.15, -0.1) is 11.3 Å². The van der Waals surface area contributed by atoms with Crippen LogP contribution < -0.4 is 10.6 Å². The molecule has 0 aromatic carbocycles. The number of carbonyl (C=O) groups excluding carboxylic acids is 2. The van der Waals surface area contributed by atoms with Gasteiger partial charge in [0.2, 0.25) is 0 Å². The smallest absolute Gasteiger partial charge is 0.388 e. The van der Waals surface area contributed by atoms with Crippen LogP contribution in [-0.2, 0) is 4.74 Å². The number of alkyl halides is 5. The Hall–Kier alpha value is -2.91. The minimum atomic E-state index is -4.62. The number of amides is 2. The number of hydrogen-bond donors (Lipinski definition) is 3. The maximum absolute atomic E-state index is 14.2. The second kappa shape index (κ2) is 11.7. The Morgan fingerprint density at radius 1 is 1.31 bits per heavy atom. The Balaban J connectivity index is 1.74. The fourth-order valence-electron chi connectivity index (χ4n) is 4.54. The fourth-order valence-corrected chi connectivity index (χ4v) is 5.53. The molecular formula is C24H28F5N5O4S. The van der Waals surface area contributed by atoms with Gasteiger partial charge >= 0.3 is 6.18 Å². The summed E-state index contributed by atoms with van der Waals surface area (Å²) in [6.45, 7) is 3.64. The lowest BCUT2D eigenvalue weighted by molar-refractivity contribution is -0.142. The van der Waals surface area contributed by atoms with Crippen molar-refractivity contribution >= 4 is 29.0 Å². The number of nitrogens with one attached hydrogen (secondary N) is 2. The highest BCUT2D eigenvalue weighted by Crippen LogP contribution is 2.39. The van der Waals surface area contributed by atoms with Crippen LogP contribution in [0.5, 0.6) is 0 Å². The first kappa shape index (κ1) is 29.1. The molecule has 2 aromatic rings. The predicted octanol–water partition coefficient (Wildman–Crippen LogP) is 4.01. The zero-order valence-corrected chi connectivity index (χ0v) is 21.9. The lowest BCUT2D eigenvalue weighted by Crippen LogP contribution is -2.42. The quantitative estimate of drug-likeness (QED) is 0.406. The highest BCUT2D eigenvalue weighted by molar-refractivity contribution is 7.17. The molecule has 0 bridgehead atoms. The van der Waals surface area contributed by atoms with Crippen molar-refractivity contribution in [3.8, 4) is 10.4 Å². The van der Waals surface area contributed by atoms with Crippen LogP contribution in [0.2, 0.25) is 0 Å². The number of aliphatic hydroxyl groups is 1. The van der Waals surface area contributed by atoms with Crippen LogP contribution in [0.1, 0.15) is 65.4 Å². The van der Waals surface area contributed by atoms with Gasteiger partial charge in [-0.25, -0.2) is 18.7 Å². The first-order valence-electron chi connectivity index (χ1n) is 12.4. The monoisotopic (exact) mass is 577 g/mol. The van der Waals surface area contributed by atoms with Gasteiger partial charge in [-0.2, -0.15) is 13.2 Å². The molecule has 214 valence electrons. The van der Waals surface area contributed by atoms with Gasteiger partial charge in [0.05, 0.1) is 30.2 Å². The van der Waals surface area contributed by atoms with E-state index in [-0.39, 0.29) is 46.8 Å². The molecule has 4 rings (SSSR count). The van der Waals surface area contributed by atoms with Crippen LogP contribution in [0, 0.1) is 0 Å². The number of thiazole rings is 1. The van der Waals surface area contributed by atoms with Crippen molar-refractivity contribution in [3.05, 3.63) is 28.5 Å². The molecule has 2 saturated heterocycles. The summed E-state index contributed by atoms with van der Waals surface area (Å²) in [4.78, 5) is 36.0. The van der Waals surface area contributed by atoms with Gasteiger partial charge in [-0.05, 0) is 32.3 Å². The van der Waals surface area contributed by atoms with Crippen LogP contribution in [0.4, 0.5) is 27.8 Å². The summed E-state index contributed by atoms with van der Waals surface area (Å²) >= 11 is 0.687. The number of rotatable bonds is 8. The molecule has 0 unspecified atom stereocenters. The number of pyridine rings is 1. The highest BCUT2D eigenvalue weighted by Gasteiger charge is 2.39. The number of ether oxygens (including phenoxy) is 1. The predicted molar refractivity (Wildman–Crippen MR) is 132 cm³/mol. The van der Waals surface area contributed by atoms with Gasteiger partial charge in [-0.3, -0.25) is 9.59 Å². The van der Waals surface area contributed by atoms with E-state index in [0.717, 1.165) is 25.1 Å². The van der Waals surface area contributed by atoms with Gasteiger partial charge in [0.15, 0.2) is 5.01 Å². The second-order valence-electron chi connectivity index (χ2n) is 9.48. The summed E-state index contributed by atoms with van der Waals surface area (Å²) in [5, 5.41) is 14.5. The highest BCUT2D eigenvalue weighted by atomic mass is 32.1. The summed E-state index contributed by atoms with van der Waals surface area (Å²) in [6.07, 6.45) is -6.61. The van der Waals surface area contributed by atoms with Gasteiger partial charge in [0.25, 0.3) is 18.2 Å². The van der Waals surface area contributed by atoms with E-state index in [2.05, 4.69) is 20.6 Å². The molecule has 15 heteroatoms. The maximum Gasteiger partial charge on any atom is 0.408 e. The second-order valence-corrected chi connectivity index (χ2v) is 10.5. The maximum atomic E-state index is 14.2. The molecule has 0 spiro atoms. The lowest BCUT2D eigenvalue weighted by Gasteiger charge is -2.22. The summed E-state index contributed by atoms with van der Waals surface area (Å²) in [6, 6.07) is -2.04. The van der Waals surface area contributed by atoms with E-state index < -0.39 is 54.0 Å². The average Bonchev–Trinajstić information content (AvgIpc) is 3.61. The molecule has 4 heterocycles. The molecule has 2 fully saturated rings. The van der Waals surface area contributed by atoms with E-state index in [1.54, 1.807) is 0 Å². The molecule has 2 amide bonds. The largest absolute Gasteiger partial charge is 0.408 e. The van der Waals surface area contributed by atoms with Crippen molar-refractivity contribution in [2.24, 2.45) is 0 Å². The van der Waals surface area contributed by atoms with Gasteiger partial charge in [0, 0.05) is 29.9 Å². The Bertz CT molecular complexity index is 1210. The number of carbonyl (C=O) groups is 2. The summed E-state index contributed by atoms with van der Waals surface area (Å²) < 4.78 is 73.2. The number of nitrogens with zero attached hydrogens (tertiary/aromatic N) is 3. The van der Waals surface area contributed by atoms with Crippen molar-refractivity contribution in [2.45, 2.75) is 69.9 Å². The number of anilines is 1. The van der Waals surface area contributed by atoms with Crippen LogP contribution in [0.3, 0.4) is 0 Å². The third-order valence-electron chi connectivity index (χ3n) is 6.75. The Labute approximate surface area is 224 Å². The molecule has 2 aliphatic rings. The average molecular weight is 578 g/mol. The molecule has 2 aliphatic heterocycles. The summed E-state index contributed by atoms with van der Waals surface area (Å²) in [5.41, 5.74) is -1.11. The summed E-state index contributed by atoms with van der Waals surface area (Å²) in [7, 11) is 0. The standard InChI is InChI=1S/C24H28F5N5O4S/c1-3-16(24(27,28)29)32-17-7-12(20(25)26)13(8-30-17)19-18(23(37)34-6-4-5-11(34)2)33-22(39-19)21(36)31-14-9-38-10-15(14)35/h7-8,11,14-16,20,35H,3-6,9-10H2,1-2H3,(H,30,32)(H,31,36)/t11-,14+,15-,16-/m0/s1. The van der Waals surface area contributed by atoms with Crippen molar-refractivity contribution < 1.29 is 41.4 Å². The molecular weight excluding hydrogens is 549 g/mol. The molecule has 0 saturated carbocycles. The van der Waals surface area contributed by atoms with Gasteiger partial charge < -0.3 is 25.4 Å². The number of aromatic nitrogens is 2. The van der Waals surface area contributed by atoms with Crippen molar-refractivity contribution in [1.82, 2.24) is 20.2 Å². The third kappa shape index (κ3) is 6.30. The molecule has 2 aromatic heterocycles. The Kier molecular flexibility index (Phi) is 8.71. The summed E-state index contributed by atoms with van der Waals surface area (Å²) in [5.74, 6) is -1.69. The minimum absolute atomic E-state index is 0.0294. The number of likely N-dealkylation sites (tertiary alicyclic amines) is 1. The van der Waals surface area contributed by atoms with Crippen LogP contribution in [-0.4, -0.2) is 82.0 Å². The Morgan fingerprint density at radius 2 is 2.05 bits per heavy atom. The van der Waals surface area contributed by atoms with E-state index in [9.17, 15) is 36.6 Å². The molecule has 4 atom stereocenters. The van der Waals surface area contributed by atoms with Crippen molar-refractivity contribution in [3.63, 3.8) is 0 Å². The fraction of sp³-hybridized carbons (Fsp3) is 0.583. The molecule has 0 aliphatic carbocycles. The van der Waals surface area contributed by atoms with Crippen molar-refractivity contribution in [2.75, 3.05) is 25.1 Å². The molecule has 0 radical (unpaired) electrons. The number of hydrogen-bond acceptors (Lipinski definition) is 8. The van der Waals surface area contributed by atoms with Crippen LogP contribution >= 0.6 is 11.3 Å². The first-order valence-corrected chi connectivity index (χ1v) is 13.2. The van der Waals surface area contributed by atoms with Crippen LogP contribution in [0.15, 0.2) is 12.3 Å². The normalized spacial score (nSPS) is 22.4.